The van der Waals surface area contributed by atoms with Gasteiger partial charge in [-0.05, 0) is 37.5 Å². The fraction of sp³-hybridized carbons (Fsp3) is 0.318. The average molecular weight is 456 g/mol. The first-order valence-electron chi connectivity index (χ1n) is 10.3. The minimum Gasteiger partial charge on any atom is -0.371 e. The Kier molecular flexibility index (Phi) is 8.61. The van der Waals surface area contributed by atoms with Crippen molar-refractivity contribution in [3.63, 3.8) is 0 Å². The van der Waals surface area contributed by atoms with Crippen molar-refractivity contribution in [1.82, 2.24) is 5.43 Å². The van der Waals surface area contributed by atoms with Crippen molar-refractivity contribution in [2.75, 3.05) is 34.8 Å². The number of anilines is 2. The highest BCUT2D eigenvalue weighted by Crippen LogP contribution is 2.26. The molecule has 2 aromatic carbocycles. The third kappa shape index (κ3) is 7.09. The Labute approximate surface area is 190 Å². The molecule has 10 heteroatoms. The van der Waals surface area contributed by atoms with Gasteiger partial charge in [0.2, 0.25) is 11.8 Å². The second-order valence-electron chi connectivity index (χ2n) is 7.25. The summed E-state index contributed by atoms with van der Waals surface area (Å²) in [6.07, 6.45) is 4.74. The molecule has 0 bridgehead atoms. The minimum absolute atomic E-state index is 0.0291. The molecule has 3 rings (SSSR count). The predicted molar refractivity (Wildman–Crippen MR) is 127 cm³/mol. The van der Waals surface area contributed by atoms with Crippen LogP contribution in [0.1, 0.15) is 24.8 Å². The maximum Gasteiger partial charge on any atom is 0.270 e. The Hall–Kier alpha value is -3.40. The smallest absolute Gasteiger partial charge is 0.270 e. The van der Waals surface area contributed by atoms with Gasteiger partial charge in [-0.1, -0.05) is 18.2 Å². The lowest BCUT2D eigenvalue weighted by Crippen LogP contribution is -2.30. The van der Waals surface area contributed by atoms with Crippen molar-refractivity contribution in [3.8, 4) is 0 Å². The molecule has 2 amide bonds. The van der Waals surface area contributed by atoms with E-state index in [2.05, 4.69) is 20.7 Å². The summed E-state index contributed by atoms with van der Waals surface area (Å²) in [5.74, 6) is -0.354. The summed E-state index contributed by atoms with van der Waals surface area (Å²) in [5.41, 5.74) is 4.54. The molecule has 0 spiro atoms. The molecule has 0 atom stereocenters. The summed E-state index contributed by atoms with van der Waals surface area (Å²) in [6.45, 7) is 1.76. The van der Waals surface area contributed by atoms with Crippen LogP contribution in [0.15, 0.2) is 53.6 Å². The first-order chi connectivity index (χ1) is 15.5. The molecule has 0 aromatic heterocycles. The van der Waals surface area contributed by atoms with E-state index in [1.165, 1.54) is 36.5 Å². The third-order valence-corrected chi connectivity index (χ3v) is 5.77. The Morgan fingerprint density at radius 3 is 2.50 bits per heavy atom. The Morgan fingerprint density at radius 1 is 1.06 bits per heavy atom. The number of carbonyl (C=O) groups is 2. The fourth-order valence-corrected chi connectivity index (χ4v) is 3.95. The first kappa shape index (κ1) is 23.3. The van der Waals surface area contributed by atoms with Crippen molar-refractivity contribution in [1.29, 1.82) is 0 Å². The number of nitrogens with one attached hydrogen (secondary N) is 2. The van der Waals surface area contributed by atoms with Gasteiger partial charge in [0.15, 0.2) is 0 Å². The van der Waals surface area contributed by atoms with Gasteiger partial charge in [-0.15, -0.1) is 11.8 Å². The Bertz CT molecular complexity index is 978. The second-order valence-corrected chi connectivity index (χ2v) is 8.23. The van der Waals surface area contributed by atoms with E-state index in [0.29, 0.717) is 11.3 Å². The van der Waals surface area contributed by atoms with Crippen LogP contribution in [-0.2, 0) is 9.59 Å². The molecule has 1 fully saturated rings. The number of non-ortho nitro benzene ring substituents is 1. The van der Waals surface area contributed by atoms with Crippen molar-refractivity contribution >= 4 is 46.9 Å². The van der Waals surface area contributed by atoms with Crippen LogP contribution in [0.3, 0.4) is 0 Å². The van der Waals surface area contributed by atoms with Crippen LogP contribution in [0, 0.1) is 10.1 Å². The Balaban J connectivity index is 1.51. The van der Waals surface area contributed by atoms with Crippen LogP contribution in [-0.4, -0.2) is 47.5 Å². The topological polar surface area (TPSA) is 117 Å². The van der Waals surface area contributed by atoms with Crippen LogP contribution in [0.4, 0.5) is 17.1 Å². The maximum atomic E-state index is 12.0. The molecule has 1 aliphatic rings. The van der Waals surface area contributed by atoms with Crippen LogP contribution >= 0.6 is 11.8 Å². The number of para-hydroxylation sites is 1. The maximum absolute atomic E-state index is 12.0. The fourth-order valence-electron chi connectivity index (χ4n) is 3.34. The molecule has 1 aliphatic heterocycles. The lowest BCUT2D eigenvalue weighted by molar-refractivity contribution is -0.384. The van der Waals surface area contributed by atoms with E-state index in [1.807, 2.05) is 18.2 Å². The standard InChI is InChI=1S/C22H25N5O4S/c28-21(24-18-7-3-1-4-8-18)15-32-16-22(29)25-23-14-17-13-19(27(30)31)9-10-20(17)26-11-5-2-6-12-26/h1,3-4,7-10,13-14H,2,5-6,11-12,15-16H2,(H,24,28)(H,25,29). The third-order valence-electron chi connectivity index (χ3n) is 4.84. The van der Waals surface area contributed by atoms with Crippen molar-refractivity contribution in [3.05, 3.63) is 64.2 Å². The monoisotopic (exact) mass is 455 g/mol. The van der Waals surface area contributed by atoms with Crippen molar-refractivity contribution in [2.24, 2.45) is 5.10 Å². The van der Waals surface area contributed by atoms with Crippen molar-refractivity contribution < 1.29 is 14.5 Å². The number of rotatable bonds is 9. The number of nitro groups is 1. The number of hydrogen-bond donors (Lipinski definition) is 2. The van der Waals surface area contributed by atoms with E-state index < -0.39 is 4.92 Å². The summed E-state index contributed by atoms with van der Waals surface area (Å²) in [6, 6.07) is 13.8. The number of benzene rings is 2. The van der Waals surface area contributed by atoms with E-state index in [0.717, 1.165) is 31.6 Å². The van der Waals surface area contributed by atoms with Gasteiger partial charge >= 0.3 is 0 Å². The summed E-state index contributed by atoms with van der Waals surface area (Å²) in [7, 11) is 0. The van der Waals surface area contributed by atoms with E-state index in [-0.39, 0.29) is 29.0 Å². The molecule has 0 radical (unpaired) electrons. The molecule has 32 heavy (non-hydrogen) atoms. The molecule has 168 valence electrons. The summed E-state index contributed by atoms with van der Waals surface area (Å²) >= 11 is 1.17. The van der Waals surface area contributed by atoms with Gasteiger partial charge in [0.1, 0.15) is 0 Å². The van der Waals surface area contributed by atoms with E-state index in [1.54, 1.807) is 18.2 Å². The molecular formula is C22H25N5O4S. The number of nitrogens with zero attached hydrogens (tertiary/aromatic N) is 3. The lowest BCUT2D eigenvalue weighted by Gasteiger charge is -2.29. The van der Waals surface area contributed by atoms with Gasteiger partial charge in [0.25, 0.3) is 5.69 Å². The summed E-state index contributed by atoms with van der Waals surface area (Å²) in [5, 5.41) is 17.9. The highest BCUT2D eigenvalue weighted by molar-refractivity contribution is 8.00. The number of nitro benzene ring substituents is 1. The summed E-state index contributed by atoms with van der Waals surface area (Å²) in [4.78, 5) is 36.8. The molecule has 9 nitrogen and oxygen atoms in total. The normalized spacial score (nSPS) is 13.7. The van der Waals surface area contributed by atoms with Crippen LogP contribution in [0.2, 0.25) is 0 Å². The highest BCUT2D eigenvalue weighted by Gasteiger charge is 2.17. The molecule has 0 unspecified atom stereocenters. The highest BCUT2D eigenvalue weighted by atomic mass is 32.2. The predicted octanol–water partition coefficient (Wildman–Crippen LogP) is 3.41. The zero-order chi connectivity index (χ0) is 22.8. The van der Waals surface area contributed by atoms with Crippen LogP contribution in [0.5, 0.6) is 0 Å². The second kappa shape index (κ2) is 11.8. The number of piperidine rings is 1. The first-order valence-corrected chi connectivity index (χ1v) is 11.5. The molecular weight excluding hydrogens is 430 g/mol. The molecule has 1 saturated heterocycles. The average Bonchev–Trinajstić information content (AvgIpc) is 2.80. The number of carbonyl (C=O) groups excluding carboxylic acids is 2. The van der Waals surface area contributed by atoms with Crippen LogP contribution in [0.25, 0.3) is 0 Å². The number of thioether (sulfide) groups is 1. The Morgan fingerprint density at radius 2 is 1.78 bits per heavy atom. The lowest BCUT2D eigenvalue weighted by atomic mass is 10.1. The van der Waals surface area contributed by atoms with E-state index in [4.69, 9.17) is 0 Å². The van der Waals surface area contributed by atoms with Gasteiger partial charge in [-0.25, -0.2) is 5.43 Å². The van der Waals surface area contributed by atoms with E-state index >= 15 is 0 Å². The van der Waals surface area contributed by atoms with Gasteiger partial charge in [-0.2, -0.15) is 5.10 Å². The number of hydrogen-bond acceptors (Lipinski definition) is 7. The summed E-state index contributed by atoms with van der Waals surface area (Å²) < 4.78 is 0. The van der Waals surface area contributed by atoms with Crippen LogP contribution < -0.4 is 15.6 Å². The zero-order valence-electron chi connectivity index (χ0n) is 17.5. The largest absolute Gasteiger partial charge is 0.371 e. The SMILES string of the molecule is O=C(CSCC(=O)Nc1ccccc1)NN=Cc1cc([N+](=O)[O-])ccc1N1CCCCC1. The zero-order valence-corrected chi connectivity index (χ0v) is 18.3. The van der Waals surface area contributed by atoms with Gasteiger partial charge in [0, 0.05) is 42.2 Å². The van der Waals surface area contributed by atoms with E-state index in [9.17, 15) is 19.7 Å². The minimum atomic E-state index is -0.451. The molecule has 0 saturated carbocycles. The molecule has 2 aromatic rings. The quantitative estimate of drug-likeness (QED) is 0.340. The van der Waals surface area contributed by atoms with Crippen molar-refractivity contribution in [2.45, 2.75) is 19.3 Å². The molecule has 2 N–H and O–H groups in total. The van der Waals surface area contributed by atoms with Gasteiger partial charge < -0.3 is 10.2 Å². The van der Waals surface area contributed by atoms with Gasteiger partial charge in [0.05, 0.1) is 22.6 Å². The van der Waals surface area contributed by atoms with Gasteiger partial charge in [-0.3, -0.25) is 19.7 Å². The molecule has 0 aliphatic carbocycles. The number of hydrazone groups is 1. The molecule has 1 heterocycles. The number of amides is 2.